The van der Waals surface area contributed by atoms with Gasteiger partial charge in [0.05, 0.1) is 10.5 Å². The summed E-state index contributed by atoms with van der Waals surface area (Å²) in [6.07, 6.45) is 0.743. The molecule has 4 rings (SSSR count). The number of fused-ring (bicyclic) bond motifs is 1. The van der Waals surface area contributed by atoms with Gasteiger partial charge in [0.1, 0.15) is 11.1 Å². The number of carbonyl (C=O) groups excluding carboxylic acids is 1. The highest BCUT2D eigenvalue weighted by Gasteiger charge is 2.26. The van der Waals surface area contributed by atoms with E-state index in [2.05, 4.69) is 28.4 Å². The summed E-state index contributed by atoms with van der Waals surface area (Å²) >= 11 is 1.41. The molecule has 0 unspecified atom stereocenters. The van der Waals surface area contributed by atoms with Gasteiger partial charge < -0.3 is 5.32 Å². The molecule has 0 saturated heterocycles. The Kier molecular flexibility index (Phi) is 5.80. The van der Waals surface area contributed by atoms with Crippen LogP contribution in [0.5, 0.6) is 0 Å². The Morgan fingerprint density at radius 3 is 2.74 bits per heavy atom. The second-order valence-electron chi connectivity index (χ2n) is 7.43. The molecule has 8 heteroatoms. The first-order valence-corrected chi connectivity index (χ1v) is 10.7. The zero-order valence-corrected chi connectivity index (χ0v) is 17.7. The van der Waals surface area contributed by atoms with Crippen molar-refractivity contribution in [1.29, 1.82) is 5.26 Å². The SMILES string of the molecule is Cc1c(C(=O)Nc2sc3c(c2C#N)CCN(Cc2ccccc2)C3)cccc1[N+](=O)[O-]. The molecule has 0 spiro atoms. The highest BCUT2D eigenvalue weighted by molar-refractivity contribution is 7.16. The standard InChI is InChI=1S/C23H20N4O3S/c1-15-17(8-5-9-20(15)27(29)30)22(28)25-23-19(12-24)18-10-11-26(14-21(18)31-23)13-16-6-3-2-4-7-16/h2-9H,10-11,13-14H2,1H3,(H,25,28). The van der Waals surface area contributed by atoms with E-state index in [0.717, 1.165) is 36.5 Å². The first kappa shape index (κ1) is 20.7. The molecular weight excluding hydrogens is 412 g/mol. The fourth-order valence-electron chi connectivity index (χ4n) is 3.88. The third-order valence-electron chi connectivity index (χ3n) is 5.47. The molecule has 2 heterocycles. The molecule has 2 aromatic carbocycles. The van der Waals surface area contributed by atoms with Gasteiger partial charge in [-0.15, -0.1) is 11.3 Å². The van der Waals surface area contributed by atoms with E-state index in [4.69, 9.17) is 0 Å². The molecule has 0 bridgehead atoms. The van der Waals surface area contributed by atoms with Crippen molar-refractivity contribution in [3.63, 3.8) is 0 Å². The van der Waals surface area contributed by atoms with Crippen molar-refractivity contribution in [2.45, 2.75) is 26.4 Å². The Morgan fingerprint density at radius 1 is 1.26 bits per heavy atom. The van der Waals surface area contributed by atoms with Crippen molar-refractivity contribution in [2.75, 3.05) is 11.9 Å². The largest absolute Gasteiger partial charge is 0.312 e. The second-order valence-corrected chi connectivity index (χ2v) is 8.53. The number of rotatable bonds is 5. The average molecular weight is 433 g/mol. The fourth-order valence-corrected chi connectivity index (χ4v) is 5.11. The first-order chi connectivity index (χ1) is 15.0. The molecule has 1 aliphatic heterocycles. The van der Waals surface area contributed by atoms with Gasteiger partial charge >= 0.3 is 0 Å². The van der Waals surface area contributed by atoms with Gasteiger partial charge in [-0.25, -0.2) is 0 Å². The fraction of sp³-hybridized carbons (Fsp3) is 0.217. The van der Waals surface area contributed by atoms with E-state index in [9.17, 15) is 20.2 Å². The van der Waals surface area contributed by atoms with E-state index in [0.29, 0.717) is 16.1 Å². The summed E-state index contributed by atoms with van der Waals surface area (Å²) in [5.41, 5.74) is 3.15. The molecular formula is C23H20N4O3S. The van der Waals surface area contributed by atoms with Gasteiger partial charge in [-0.1, -0.05) is 36.4 Å². The molecule has 3 aromatic rings. The van der Waals surface area contributed by atoms with Gasteiger partial charge in [0.15, 0.2) is 0 Å². The number of amides is 1. The summed E-state index contributed by atoms with van der Waals surface area (Å²) in [5, 5.41) is 24.2. The zero-order valence-electron chi connectivity index (χ0n) is 16.9. The molecule has 1 aromatic heterocycles. The van der Waals surface area contributed by atoms with E-state index in [-0.39, 0.29) is 11.3 Å². The normalized spacial score (nSPS) is 13.3. The summed E-state index contributed by atoms with van der Waals surface area (Å²) in [4.78, 5) is 26.9. The lowest BCUT2D eigenvalue weighted by molar-refractivity contribution is -0.385. The van der Waals surface area contributed by atoms with Gasteiger partial charge in [0.2, 0.25) is 0 Å². The van der Waals surface area contributed by atoms with Crippen LogP contribution >= 0.6 is 11.3 Å². The number of nitrogens with one attached hydrogen (secondary N) is 1. The minimum Gasteiger partial charge on any atom is -0.312 e. The number of nitro groups is 1. The maximum Gasteiger partial charge on any atom is 0.273 e. The summed E-state index contributed by atoms with van der Waals surface area (Å²) in [5.74, 6) is -0.447. The van der Waals surface area contributed by atoms with E-state index >= 15 is 0 Å². The lowest BCUT2D eigenvalue weighted by atomic mass is 10.0. The van der Waals surface area contributed by atoms with Crippen molar-refractivity contribution in [2.24, 2.45) is 0 Å². The third kappa shape index (κ3) is 4.19. The summed E-state index contributed by atoms with van der Waals surface area (Å²) in [6.45, 7) is 3.94. The topological polar surface area (TPSA) is 99.3 Å². The van der Waals surface area contributed by atoms with Crippen molar-refractivity contribution in [3.8, 4) is 6.07 Å². The zero-order chi connectivity index (χ0) is 22.0. The van der Waals surface area contributed by atoms with Crippen molar-refractivity contribution >= 4 is 27.9 Å². The van der Waals surface area contributed by atoms with Crippen molar-refractivity contribution < 1.29 is 9.72 Å². The minimum absolute atomic E-state index is 0.102. The van der Waals surface area contributed by atoms with Crippen LogP contribution in [0.2, 0.25) is 0 Å². The van der Waals surface area contributed by atoms with Crippen molar-refractivity contribution in [3.05, 3.63) is 91.3 Å². The Balaban J connectivity index is 1.56. The van der Waals surface area contributed by atoms with Crippen molar-refractivity contribution in [1.82, 2.24) is 4.90 Å². The molecule has 0 radical (unpaired) electrons. The van der Waals surface area contributed by atoms with Gasteiger partial charge in [0, 0.05) is 41.7 Å². The maximum absolute atomic E-state index is 12.8. The predicted octanol–water partition coefficient (Wildman–Crippen LogP) is 4.65. The lowest BCUT2D eigenvalue weighted by Gasteiger charge is -2.26. The van der Waals surface area contributed by atoms with Crippen LogP contribution in [0.1, 0.15) is 37.5 Å². The van der Waals surface area contributed by atoms with Crippen LogP contribution in [0.3, 0.4) is 0 Å². The number of anilines is 1. The number of hydrogen-bond donors (Lipinski definition) is 1. The molecule has 1 N–H and O–H groups in total. The van der Waals surface area contributed by atoms with Crippen LogP contribution < -0.4 is 5.32 Å². The smallest absolute Gasteiger partial charge is 0.273 e. The molecule has 1 aliphatic rings. The highest BCUT2D eigenvalue weighted by Crippen LogP contribution is 2.37. The number of hydrogen-bond acceptors (Lipinski definition) is 6. The van der Waals surface area contributed by atoms with Gasteiger partial charge in [-0.3, -0.25) is 19.8 Å². The molecule has 0 saturated carbocycles. The van der Waals surface area contributed by atoms with Crippen LogP contribution in [0.15, 0.2) is 48.5 Å². The van der Waals surface area contributed by atoms with Crippen LogP contribution in [0.4, 0.5) is 10.7 Å². The number of nitrogens with zero attached hydrogens (tertiary/aromatic N) is 3. The number of nitriles is 1. The number of thiophene rings is 1. The first-order valence-electron chi connectivity index (χ1n) is 9.84. The quantitative estimate of drug-likeness (QED) is 0.467. The molecule has 0 atom stereocenters. The Morgan fingerprint density at radius 2 is 2.03 bits per heavy atom. The number of benzene rings is 2. The third-order valence-corrected chi connectivity index (χ3v) is 6.60. The number of nitro benzene ring substituents is 1. The highest BCUT2D eigenvalue weighted by atomic mass is 32.1. The van der Waals surface area contributed by atoms with E-state index in [1.165, 1.54) is 29.0 Å². The minimum atomic E-state index is -0.502. The van der Waals surface area contributed by atoms with Gasteiger partial charge in [-0.2, -0.15) is 5.26 Å². The average Bonchev–Trinajstić information content (AvgIpc) is 3.10. The van der Waals surface area contributed by atoms with Crippen LogP contribution in [0, 0.1) is 28.4 Å². The molecule has 156 valence electrons. The second kappa shape index (κ2) is 8.68. The summed E-state index contributed by atoms with van der Waals surface area (Å²) < 4.78 is 0. The Bertz CT molecular complexity index is 1200. The van der Waals surface area contributed by atoms with E-state index in [1.807, 2.05) is 18.2 Å². The van der Waals surface area contributed by atoms with E-state index < -0.39 is 10.8 Å². The lowest BCUT2D eigenvalue weighted by Crippen LogP contribution is -2.29. The van der Waals surface area contributed by atoms with Crippen LogP contribution in [-0.4, -0.2) is 22.3 Å². The van der Waals surface area contributed by atoms with Crippen LogP contribution in [0.25, 0.3) is 0 Å². The molecule has 7 nitrogen and oxygen atoms in total. The number of carbonyl (C=O) groups is 1. The molecule has 31 heavy (non-hydrogen) atoms. The molecule has 0 fully saturated rings. The van der Waals surface area contributed by atoms with Gasteiger partial charge in [0.25, 0.3) is 11.6 Å². The maximum atomic E-state index is 12.8. The van der Waals surface area contributed by atoms with Crippen LogP contribution in [-0.2, 0) is 19.5 Å². The monoisotopic (exact) mass is 432 g/mol. The summed E-state index contributed by atoms with van der Waals surface area (Å²) in [6, 6.07) is 16.9. The predicted molar refractivity (Wildman–Crippen MR) is 119 cm³/mol. The Hall–Kier alpha value is -3.54. The van der Waals surface area contributed by atoms with E-state index in [1.54, 1.807) is 13.0 Å². The Labute approximate surface area is 183 Å². The molecule has 0 aliphatic carbocycles. The summed E-state index contributed by atoms with van der Waals surface area (Å²) in [7, 11) is 0. The molecule has 1 amide bonds. The van der Waals surface area contributed by atoms with Gasteiger partial charge in [-0.05, 0) is 30.5 Å².